The highest BCUT2D eigenvalue weighted by Crippen LogP contribution is 2.30. The zero-order chi connectivity index (χ0) is 15.0. The van der Waals surface area contributed by atoms with Gasteiger partial charge in [-0.15, -0.1) is 0 Å². The number of rotatable bonds is 2. The molecule has 1 aromatic carbocycles. The summed E-state index contributed by atoms with van der Waals surface area (Å²) in [7, 11) is 0. The second-order valence-electron chi connectivity index (χ2n) is 4.72. The van der Waals surface area contributed by atoms with E-state index >= 15 is 0 Å². The highest BCUT2D eigenvalue weighted by atomic mass is 79.9. The number of carbonyl (C=O) groups excluding carboxylic acids is 1. The van der Waals surface area contributed by atoms with Gasteiger partial charge in [-0.3, -0.25) is 4.79 Å². The summed E-state index contributed by atoms with van der Waals surface area (Å²) < 4.78 is 0.590. The molecule has 0 bridgehead atoms. The molecule has 6 heteroatoms. The zero-order valence-corrected chi connectivity index (χ0v) is 12.5. The van der Waals surface area contributed by atoms with E-state index in [-0.39, 0.29) is 11.5 Å². The molecule has 0 radical (unpaired) electrons. The van der Waals surface area contributed by atoms with Gasteiger partial charge in [0.2, 0.25) is 0 Å². The quantitative estimate of drug-likeness (QED) is 0.848. The molecule has 21 heavy (non-hydrogen) atoms. The summed E-state index contributed by atoms with van der Waals surface area (Å²) in [5.41, 5.74) is 2.36. The summed E-state index contributed by atoms with van der Waals surface area (Å²) in [6.45, 7) is 0.553. The first-order valence-electron chi connectivity index (χ1n) is 6.36. The molecular weight excluding hydrogens is 336 g/mol. The Kier molecular flexibility index (Phi) is 3.47. The number of aromatic nitrogens is 1. The molecule has 0 saturated heterocycles. The lowest BCUT2D eigenvalue weighted by Crippen LogP contribution is -2.29. The van der Waals surface area contributed by atoms with Crippen LogP contribution in [0, 0.1) is 0 Å². The number of anilines is 1. The van der Waals surface area contributed by atoms with E-state index in [1.54, 1.807) is 41.4 Å². The van der Waals surface area contributed by atoms with Gasteiger partial charge in [0.15, 0.2) is 0 Å². The van der Waals surface area contributed by atoms with Crippen molar-refractivity contribution in [2.24, 2.45) is 0 Å². The third-order valence-corrected chi connectivity index (χ3v) is 3.88. The summed E-state index contributed by atoms with van der Waals surface area (Å²) in [6.07, 6.45) is 2.29. The van der Waals surface area contributed by atoms with E-state index < -0.39 is 5.97 Å². The molecule has 1 aliphatic rings. The fourth-order valence-electron chi connectivity index (χ4n) is 2.41. The van der Waals surface area contributed by atoms with Crippen LogP contribution >= 0.6 is 15.9 Å². The second-order valence-corrected chi connectivity index (χ2v) is 5.54. The van der Waals surface area contributed by atoms with Crippen LogP contribution in [0.4, 0.5) is 5.69 Å². The lowest BCUT2D eigenvalue weighted by molar-refractivity contribution is 0.0696. The number of hydrogen-bond acceptors (Lipinski definition) is 3. The van der Waals surface area contributed by atoms with Crippen LogP contribution in [0.15, 0.2) is 41.1 Å². The Bertz CT molecular complexity index is 745. The number of halogens is 1. The van der Waals surface area contributed by atoms with Gasteiger partial charge >= 0.3 is 5.97 Å². The summed E-state index contributed by atoms with van der Waals surface area (Å²) in [6, 6.07) is 8.19. The first-order valence-corrected chi connectivity index (χ1v) is 7.15. The number of pyridine rings is 1. The maximum Gasteiger partial charge on any atom is 0.335 e. The fraction of sp³-hybridized carbons (Fsp3) is 0.133. The number of carboxylic acids is 1. The Hall–Kier alpha value is -2.21. The van der Waals surface area contributed by atoms with Gasteiger partial charge in [0.25, 0.3) is 5.91 Å². The summed E-state index contributed by atoms with van der Waals surface area (Å²) >= 11 is 3.24. The summed E-state index contributed by atoms with van der Waals surface area (Å²) in [5.74, 6) is -1.15. The van der Waals surface area contributed by atoms with Gasteiger partial charge < -0.3 is 10.0 Å². The van der Waals surface area contributed by atoms with Crippen LogP contribution < -0.4 is 4.90 Å². The minimum atomic E-state index is -0.997. The molecule has 0 atom stereocenters. The molecule has 2 heterocycles. The topological polar surface area (TPSA) is 70.5 Å². The van der Waals surface area contributed by atoms with Gasteiger partial charge in [0.05, 0.1) is 5.56 Å². The molecule has 1 N–H and O–H groups in total. The predicted octanol–water partition coefficient (Wildman–Crippen LogP) is 2.75. The Morgan fingerprint density at radius 1 is 1.19 bits per heavy atom. The lowest BCUT2D eigenvalue weighted by atomic mass is 10.1. The van der Waals surface area contributed by atoms with E-state index in [1.807, 2.05) is 0 Å². The summed E-state index contributed by atoms with van der Waals surface area (Å²) in [5, 5.41) is 9.08. The molecule has 1 amide bonds. The molecule has 3 rings (SSSR count). The number of benzene rings is 1. The average molecular weight is 347 g/mol. The molecule has 1 aromatic heterocycles. The third-order valence-electron chi connectivity index (χ3n) is 3.45. The molecule has 5 nitrogen and oxygen atoms in total. The number of amides is 1. The van der Waals surface area contributed by atoms with Crippen molar-refractivity contribution in [3.05, 3.63) is 57.8 Å². The van der Waals surface area contributed by atoms with Gasteiger partial charge in [-0.05, 0) is 52.2 Å². The van der Waals surface area contributed by atoms with Gasteiger partial charge in [-0.25, -0.2) is 9.78 Å². The number of aromatic carboxylic acids is 1. The normalized spacial score (nSPS) is 13.1. The second kappa shape index (κ2) is 5.29. The van der Waals surface area contributed by atoms with Crippen molar-refractivity contribution >= 4 is 33.5 Å². The first kappa shape index (κ1) is 13.8. The average Bonchev–Trinajstić information content (AvgIpc) is 2.89. The predicted molar refractivity (Wildman–Crippen MR) is 80.7 cm³/mol. The van der Waals surface area contributed by atoms with Crippen molar-refractivity contribution in [3.8, 4) is 0 Å². The number of nitrogens with zero attached hydrogens (tertiary/aromatic N) is 2. The Balaban J connectivity index is 1.98. The van der Waals surface area contributed by atoms with Crippen molar-refractivity contribution in [3.63, 3.8) is 0 Å². The molecule has 0 aliphatic carbocycles. The third kappa shape index (κ3) is 2.54. The van der Waals surface area contributed by atoms with Crippen LogP contribution in [0.3, 0.4) is 0 Å². The lowest BCUT2D eigenvalue weighted by Gasteiger charge is -2.17. The minimum absolute atomic E-state index is 0.153. The molecule has 0 spiro atoms. The van der Waals surface area contributed by atoms with E-state index in [9.17, 15) is 9.59 Å². The molecular formula is C15H11BrN2O3. The van der Waals surface area contributed by atoms with Gasteiger partial charge in [0.1, 0.15) is 4.60 Å². The highest BCUT2D eigenvalue weighted by molar-refractivity contribution is 9.10. The minimum Gasteiger partial charge on any atom is -0.478 e. The molecule has 0 saturated carbocycles. The molecule has 0 unspecified atom stereocenters. The summed E-state index contributed by atoms with van der Waals surface area (Å²) in [4.78, 5) is 29.3. The molecule has 2 aromatic rings. The number of fused-ring (bicyclic) bond motifs is 1. The van der Waals surface area contributed by atoms with Crippen LogP contribution in [0.25, 0.3) is 0 Å². The van der Waals surface area contributed by atoms with Gasteiger partial charge in [-0.1, -0.05) is 6.07 Å². The first-order chi connectivity index (χ1) is 10.1. The molecule has 106 valence electrons. The number of hydrogen-bond donors (Lipinski definition) is 1. The molecule has 0 fully saturated rings. The number of carbonyl (C=O) groups is 2. The standard InChI is InChI=1S/C15H11BrN2O3/c16-13-8-10(3-5-17-13)14(19)18-6-4-9-1-2-11(15(20)21)7-12(9)18/h1-3,5,7-8H,4,6H2,(H,20,21). The Morgan fingerprint density at radius 2 is 2.00 bits per heavy atom. The highest BCUT2D eigenvalue weighted by Gasteiger charge is 2.26. The van der Waals surface area contributed by atoms with Gasteiger partial charge in [0, 0.05) is 24.0 Å². The van der Waals surface area contributed by atoms with E-state index in [1.165, 1.54) is 0 Å². The van der Waals surface area contributed by atoms with Gasteiger partial charge in [-0.2, -0.15) is 0 Å². The van der Waals surface area contributed by atoms with E-state index in [4.69, 9.17) is 5.11 Å². The largest absolute Gasteiger partial charge is 0.478 e. The Morgan fingerprint density at radius 3 is 2.71 bits per heavy atom. The van der Waals surface area contributed by atoms with Crippen LogP contribution in [0.1, 0.15) is 26.3 Å². The monoisotopic (exact) mass is 346 g/mol. The smallest absolute Gasteiger partial charge is 0.335 e. The molecule has 1 aliphatic heterocycles. The maximum atomic E-state index is 12.6. The van der Waals surface area contributed by atoms with E-state index in [0.717, 1.165) is 12.0 Å². The van der Waals surface area contributed by atoms with Crippen molar-refractivity contribution in [1.82, 2.24) is 4.98 Å². The fourth-order valence-corrected chi connectivity index (χ4v) is 2.78. The van der Waals surface area contributed by atoms with Crippen LogP contribution in [0.5, 0.6) is 0 Å². The zero-order valence-electron chi connectivity index (χ0n) is 10.9. The number of carboxylic acid groups (broad SMARTS) is 1. The van der Waals surface area contributed by atoms with Crippen molar-refractivity contribution < 1.29 is 14.7 Å². The maximum absolute atomic E-state index is 12.6. The van der Waals surface area contributed by atoms with E-state index in [0.29, 0.717) is 22.4 Å². The van der Waals surface area contributed by atoms with Crippen molar-refractivity contribution in [2.75, 3.05) is 11.4 Å². The Labute approximate surface area is 129 Å². The van der Waals surface area contributed by atoms with Crippen LogP contribution in [0.2, 0.25) is 0 Å². The van der Waals surface area contributed by atoms with Crippen molar-refractivity contribution in [1.29, 1.82) is 0 Å². The SMILES string of the molecule is O=C(O)c1ccc2c(c1)N(C(=O)c1ccnc(Br)c1)CC2. The van der Waals surface area contributed by atoms with Crippen molar-refractivity contribution in [2.45, 2.75) is 6.42 Å². The van der Waals surface area contributed by atoms with Crippen LogP contribution in [-0.4, -0.2) is 28.5 Å². The van der Waals surface area contributed by atoms with E-state index in [2.05, 4.69) is 20.9 Å². The van der Waals surface area contributed by atoms with Crippen LogP contribution in [-0.2, 0) is 6.42 Å².